The van der Waals surface area contributed by atoms with Crippen molar-refractivity contribution in [3.63, 3.8) is 0 Å². The van der Waals surface area contributed by atoms with E-state index < -0.39 is 0 Å². The van der Waals surface area contributed by atoms with Gasteiger partial charge in [0, 0.05) is 37.0 Å². The smallest absolute Gasteiger partial charge is 0.272 e. The van der Waals surface area contributed by atoms with Crippen LogP contribution in [0.1, 0.15) is 23.3 Å². The van der Waals surface area contributed by atoms with Gasteiger partial charge in [0.2, 0.25) is 0 Å². The van der Waals surface area contributed by atoms with Gasteiger partial charge in [-0.15, -0.1) is 0 Å². The second-order valence-corrected chi connectivity index (χ2v) is 5.04. The first-order valence-electron chi connectivity index (χ1n) is 5.65. The lowest BCUT2D eigenvalue weighted by molar-refractivity contribution is 0.0359. The third kappa shape index (κ3) is 3.04. The molecule has 5 heteroatoms. The largest absolute Gasteiger partial charge is 0.381 e. The standard InChI is InChI=1S/C12H15BrN2O2/c1-15(10-4-6-17-7-5-10)12(16)11-3-2-9(13)8-14-11/h2-3,8,10H,4-7H2,1H3. The van der Waals surface area contributed by atoms with Crippen molar-refractivity contribution in [3.8, 4) is 0 Å². The summed E-state index contributed by atoms with van der Waals surface area (Å²) in [5.41, 5.74) is 0.488. The lowest BCUT2D eigenvalue weighted by Gasteiger charge is -2.30. The van der Waals surface area contributed by atoms with Crippen LogP contribution in [0, 0.1) is 0 Å². The maximum absolute atomic E-state index is 12.2. The molecule has 2 heterocycles. The van der Waals surface area contributed by atoms with Gasteiger partial charge in [-0.05, 0) is 40.9 Å². The number of nitrogens with zero attached hydrogens (tertiary/aromatic N) is 2. The van der Waals surface area contributed by atoms with Gasteiger partial charge >= 0.3 is 0 Å². The number of pyridine rings is 1. The predicted octanol–water partition coefficient (Wildman–Crippen LogP) is 2.10. The quantitative estimate of drug-likeness (QED) is 0.840. The van der Waals surface area contributed by atoms with Crippen LogP contribution >= 0.6 is 15.9 Å². The molecule has 0 saturated carbocycles. The van der Waals surface area contributed by atoms with E-state index in [9.17, 15) is 4.79 Å². The maximum Gasteiger partial charge on any atom is 0.272 e. The van der Waals surface area contributed by atoms with Gasteiger partial charge in [0.15, 0.2) is 0 Å². The second kappa shape index (κ2) is 5.60. The molecule has 1 aromatic heterocycles. The summed E-state index contributed by atoms with van der Waals surface area (Å²) >= 11 is 3.30. The van der Waals surface area contributed by atoms with Crippen LogP contribution in [0.3, 0.4) is 0 Å². The van der Waals surface area contributed by atoms with E-state index in [2.05, 4.69) is 20.9 Å². The van der Waals surface area contributed by atoms with E-state index >= 15 is 0 Å². The molecule has 1 aliphatic rings. The molecule has 1 amide bonds. The van der Waals surface area contributed by atoms with Gasteiger partial charge in [-0.1, -0.05) is 0 Å². The van der Waals surface area contributed by atoms with Crippen molar-refractivity contribution >= 4 is 21.8 Å². The maximum atomic E-state index is 12.2. The summed E-state index contributed by atoms with van der Waals surface area (Å²) in [5.74, 6) is -0.0237. The van der Waals surface area contributed by atoms with Gasteiger partial charge in [0.25, 0.3) is 5.91 Å². The molecule has 1 fully saturated rings. The van der Waals surface area contributed by atoms with Crippen LogP contribution in [-0.4, -0.2) is 42.1 Å². The number of hydrogen-bond donors (Lipinski definition) is 0. The lowest BCUT2D eigenvalue weighted by Crippen LogP contribution is -2.40. The number of amides is 1. The van der Waals surface area contributed by atoms with Gasteiger partial charge in [-0.2, -0.15) is 0 Å². The molecule has 0 spiro atoms. The predicted molar refractivity (Wildman–Crippen MR) is 67.9 cm³/mol. The molecule has 0 unspecified atom stereocenters. The van der Waals surface area contributed by atoms with Crippen molar-refractivity contribution in [2.75, 3.05) is 20.3 Å². The van der Waals surface area contributed by atoms with Crippen molar-refractivity contribution in [2.24, 2.45) is 0 Å². The van der Waals surface area contributed by atoms with Crippen molar-refractivity contribution < 1.29 is 9.53 Å². The average Bonchev–Trinajstić information content (AvgIpc) is 2.39. The summed E-state index contributed by atoms with van der Waals surface area (Å²) in [6.45, 7) is 1.46. The first kappa shape index (κ1) is 12.5. The monoisotopic (exact) mass is 298 g/mol. The number of halogens is 1. The second-order valence-electron chi connectivity index (χ2n) is 4.12. The van der Waals surface area contributed by atoms with E-state index in [4.69, 9.17) is 4.74 Å². The molecule has 1 aromatic rings. The number of carbonyl (C=O) groups excluding carboxylic acids is 1. The summed E-state index contributed by atoms with van der Waals surface area (Å²) in [7, 11) is 1.84. The first-order chi connectivity index (χ1) is 8.18. The molecule has 92 valence electrons. The highest BCUT2D eigenvalue weighted by molar-refractivity contribution is 9.10. The van der Waals surface area contributed by atoms with Crippen molar-refractivity contribution in [2.45, 2.75) is 18.9 Å². The minimum Gasteiger partial charge on any atom is -0.381 e. The van der Waals surface area contributed by atoms with Crippen LogP contribution in [0.5, 0.6) is 0 Å². The molecule has 0 bridgehead atoms. The van der Waals surface area contributed by atoms with Gasteiger partial charge in [0.1, 0.15) is 5.69 Å². The molecule has 0 aromatic carbocycles. The number of hydrogen-bond acceptors (Lipinski definition) is 3. The molecule has 0 N–H and O–H groups in total. The molecule has 4 nitrogen and oxygen atoms in total. The molecule has 1 aliphatic heterocycles. The topological polar surface area (TPSA) is 42.4 Å². The third-order valence-electron chi connectivity index (χ3n) is 3.01. The van der Waals surface area contributed by atoms with Crippen LogP contribution in [0.2, 0.25) is 0 Å². The summed E-state index contributed by atoms with van der Waals surface area (Å²) in [5, 5.41) is 0. The summed E-state index contributed by atoms with van der Waals surface area (Å²) < 4.78 is 6.17. The molecular formula is C12H15BrN2O2. The number of ether oxygens (including phenoxy) is 1. The normalized spacial score (nSPS) is 16.8. The molecule has 0 atom stereocenters. The Morgan fingerprint density at radius 3 is 2.76 bits per heavy atom. The highest BCUT2D eigenvalue weighted by Crippen LogP contribution is 2.15. The highest BCUT2D eigenvalue weighted by atomic mass is 79.9. The minimum atomic E-state index is -0.0237. The van der Waals surface area contributed by atoms with Crippen LogP contribution in [0.15, 0.2) is 22.8 Å². The van der Waals surface area contributed by atoms with E-state index in [1.54, 1.807) is 17.2 Å². The zero-order valence-electron chi connectivity index (χ0n) is 9.73. The fourth-order valence-corrected chi connectivity index (χ4v) is 2.16. The molecule has 2 rings (SSSR count). The Kier molecular flexibility index (Phi) is 4.12. The fourth-order valence-electron chi connectivity index (χ4n) is 1.92. The number of rotatable bonds is 2. The molecule has 0 aliphatic carbocycles. The van der Waals surface area contributed by atoms with E-state index in [0.717, 1.165) is 30.5 Å². The number of aromatic nitrogens is 1. The fraction of sp³-hybridized carbons (Fsp3) is 0.500. The van der Waals surface area contributed by atoms with E-state index in [1.165, 1.54) is 0 Å². The van der Waals surface area contributed by atoms with Crippen molar-refractivity contribution in [3.05, 3.63) is 28.5 Å². The molecular weight excluding hydrogens is 284 g/mol. The SMILES string of the molecule is CN(C(=O)c1ccc(Br)cn1)C1CCOCC1. The average molecular weight is 299 g/mol. The van der Waals surface area contributed by atoms with Gasteiger partial charge < -0.3 is 9.64 Å². The number of carbonyl (C=O) groups is 1. The van der Waals surface area contributed by atoms with Crippen LogP contribution in [0.25, 0.3) is 0 Å². The summed E-state index contributed by atoms with van der Waals surface area (Å²) in [6.07, 6.45) is 3.45. The van der Waals surface area contributed by atoms with Gasteiger partial charge in [-0.3, -0.25) is 4.79 Å². The van der Waals surface area contributed by atoms with E-state index in [0.29, 0.717) is 5.69 Å². The van der Waals surface area contributed by atoms with Crippen molar-refractivity contribution in [1.82, 2.24) is 9.88 Å². The minimum absolute atomic E-state index is 0.0237. The highest BCUT2D eigenvalue weighted by Gasteiger charge is 2.23. The van der Waals surface area contributed by atoms with Crippen molar-refractivity contribution in [1.29, 1.82) is 0 Å². The Bertz CT molecular complexity index is 388. The van der Waals surface area contributed by atoms with Gasteiger partial charge in [0.05, 0.1) is 0 Å². The Morgan fingerprint density at radius 2 is 2.18 bits per heavy atom. The molecule has 1 saturated heterocycles. The zero-order chi connectivity index (χ0) is 12.3. The Labute approximate surface area is 109 Å². The Balaban J connectivity index is 2.05. The Hall–Kier alpha value is -0.940. The molecule has 17 heavy (non-hydrogen) atoms. The Morgan fingerprint density at radius 1 is 1.47 bits per heavy atom. The van der Waals surface area contributed by atoms with Crippen LogP contribution < -0.4 is 0 Å². The zero-order valence-corrected chi connectivity index (χ0v) is 11.3. The van der Waals surface area contributed by atoms with Crippen LogP contribution in [-0.2, 0) is 4.74 Å². The van der Waals surface area contributed by atoms with E-state index in [1.807, 2.05) is 13.1 Å². The first-order valence-corrected chi connectivity index (χ1v) is 6.44. The van der Waals surface area contributed by atoms with E-state index in [-0.39, 0.29) is 11.9 Å². The summed E-state index contributed by atoms with van der Waals surface area (Å²) in [6, 6.07) is 3.84. The summed E-state index contributed by atoms with van der Waals surface area (Å²) in [4.78, 5) is 18.1. The lowest BCUT2D eigenvalue weighted by atomic mass is 10.1. The molecule has 0 radical (unpaired) electrons. The third-order valence-corrected chi connectivity index (χ3v) is 3.47. The van der Waals surface area contributed by atoms with Crippen LogP contribution in [0.4, 0.5) is 0 Å². The van der Waals surface area contributed by atoms with Gasteiger partial charge in [-0.25, -0.2) is 4.98 Å².